The minimum Gasteiger partial charge on any atom is -0.465 e. The largest absolute Gasteiger partial charge is 0.465 e. The van der Waals surface area contributed by atoms with Gasteiger partial charge in [0.25, 0.3) is 0 Å². The molecule has 19 heavy (non-hydrogen) atoms. The van der Waals surface area contributed by atoms with Crippen LogP contribution in [0.2, 0.25) is 0 Å². The molecule has 2 aliphatic rings. The maximum atomic E-state index is 12.9. The van der Waals surface area contributed by atoms with Crippen molar-refractivity contribution in [1.29, 1.82) is 0 Å². The molecule has 1 amide bonds. The second kappa shape index (κ2) is 4.29. The number of rotatable bonds is 3. The Hall–Kier alpha value is -1.98. The zero-order valence-corrected chi connectivity index (χ0v) is 10.3. The van der Waals surface area contributed by atoms with Crippen molar-refractivity contribution >= 4 is 17.5 Å². The molecule has 3 rings (SSSR count). The van der Waals surface area contributed by atoms with Gasteiger partial charge < -0.3 is 21.1 Å². The number of hydrogen-bond donors (Lipinski definition) is 3. The molecular weight excluding hydrogens is 249 g/mol. The van der Waals surface area contributed by atoms with Crippen LogP contribution in [-0.2, 0) is 0 Å². The maximum absolute atomic E-state index is 12.9. The number of carboxylic acid groups (broad SMARTS) is 1. The second-order valence-electron chi connectivity index (χ2n) is 5.27. The van der Waals surface area contributed by atoms with Crippen LogP contribution in [0.1, 0.15) is 6.42 Å². The van der Waals surface area contributed by atoms with E-state index in [1.165, 1.54) is 17.0 Å². The van der Waals surface area contributed by atoms with E-state index >= 15 is 0 Å². The lowest BCUT2D eigenvalue weighted by Crippen LogP contribution is -2.41. The minimum atomic E-state index is -0.869. The van der Waals surface area contributed by atoms with Crippen LogP contribution in [0.25, 0.3) is 0 Å². The Morgan fingerprint density at radius 1 is 1.58 bits per heavy atom. The van der Waals surface area contributed by atoms with Crippen molar-refractivity contribution in [2.24, 2.45) is 11.8 Å². The van der Waals surface area contributed by atoms with E-state index in [4.69, 9.17) is 10.8 Å². The molecule has 0 bridgehead atoms. The van der Waals surface area contributed by atoms with Gasteiger partial charge in [-0.2, -0.15) is 0 Å². The van der Waals surface area contributed by atoms with Crippen LogP contribution < -0.4 is 11.1 Å². The van der Waals surface area contributed by atoms with Crippen molar-refractivity contribution in [3.8, 4) is 0 Å². The lowest BCUT2D eigenvalue weighted by molar-refractivity contribution is 0.134. The lowest BCUT2D eigenvalue weighted by atomic mass is 10.1. The Bertz CT molecular complexity index is 523. The number of carbonyl (C=O) groups is 1. The summed E-state index contributed by atoms with van der Waals surface area (Å²) >= 11 is 0. The third-order valence-electron chi connectivity index (χ3n) is 4.06. The van der Waals surface area contributed by atoms with Gasteiger partial charge in [-0.3, -0.25) is 0 Å². The van der Waals surface area contributed by atoms with Crippen molar-refractivity contribution in [3.63, 3.8) is 0 Å². The maximum Gasteiger partial charge on any atom is 0.407 e. The Morgan fingerprint density at radius 2 is 2.37 bits per heavy atom. The fraction of sp³-hybridized carbons (Fsp3) is 0.462. The van der Waals surface area contributed by atoms with Crippen LogP contribution in [0.5, 0.6) is 0 Å². The molecule has 0 radical (unpaired) electrons. The standard InChI is InChI=1S/C13H16FN3O2/c14-8-1-2-11(10(15)4-8)16-5-12-9-3-7(9)6-17(12)13(18)19/h1-2,4,7,9,12,16H,3,5-6,15H2,(H,18,19)/t7-,9-,12+/m0/s1. The molecule has 1 heterocycles. The monoisotopic (exact) mass is 265 g/mol. The van der Waals surface area contributed by atoms with Gasteiger partial charge in [0.05, 0.1) is 17.4 Å². The number of hydrogen-bond acceptors (Lipinski definition) is 3. The molecule has 6 heteroatoms. The molecule has 102 valence electrons. The normalized spacial score (nSPS) is 28.1. The molecule has 4 N–H and O–H groups in total. The van der Waals surface area contributed by atoms with Gasteiger partial charge in [0.2, 0.25) is 0 Å². The number of fused-ring (bicyclic) bond motifs is 1. The highest BCUT2D eigenvalue weighted by Crippen LogP contribution is 2.49. The molecule has 0 spiro atoms. The van der Waals surface area contributed by atoms with Gasteiger partial charge in [-0.15, -0.1) is 0 Å². The number of piperidine rings is 1. The first-order valence-electron chi connectivity index (χ1n) is 6.34. The Kier molecular flexibility index (Phi) is 2.73. The van der Waals surface area contributed by atoms with Crippen molar-refractivity contribution < 1.29 is 14.3 Å². The molecule has 1 aromatic rings. The molecule has 5 nitrogen and oxygen atoms in total. The molecule has 1 aromatic carbocycles. The van der Waals surface area contributed by atoms with E-state index in [-0.39, 0.29) is 11.9 Å². The summed E-state index contributed by atoms with van der Waals surface area (Å²) in [6, 6.07) is 4.16. The van der Waals surface area contributed by atoms with Crippen LogP contribution >= 0.6 is 0 Å². The third-order valence-corrected chi connectivity index (χ3v) is 4.06. The van der Waals surface area contributed by atoms with Gasteiger partial charge in [0.15, 0.2) is 0 Å². The van der Waals surface area contributed by atoms with Crippen molar-refractivity contribution in [1.82, 2.24) is 4.90 Å². The molecule has 1 aliphatic carbocycles. The predicted octanol–water partition coefficient (Wildman–Crippen LogP) is 1.82. The average Bonchev–Trinajstić information content (AvgIpc) is 3.02. The minimum absolute atomic E-state index is 0.00745. The van der Waals surface area contributed by atoms with Gasteiger partial charge in [0.1, 0.15) is 5.82 Å². The number of nitrogens with one attached hydrogen (secondary N) is 1. The van der Waals surface area contributed by atoms with Crippen LogP contribution in [0.3, 0.4) is 0 Å². The molecule has 0 unspecified atom stereocenters. The van der Waals surface area contributed by atoms with Crippen LogP contribution in [0.15, 0.2) is 18.2 Å². The third kappa shape index (κ3) is 2.18. The summed E-state index contributed by atoms with van der Waals surface area (Å²) in [5.41, 5.74) is 6.70. The first-order valence-corrected chi connectivity index (χ1v) is 6.34. The molecule has 3 atom stereocenters. The summed E-state index contributed by atoms with van der Waals surface area (Å²) < 4.78 is 12.9. The van der Waals surface area contributed by atoms with Crippen molar-refractivity contribution in [3.05, 3.63) is 24.0 Å². The number of benzene rings is 1. The zero-order valence-electron chi connectivity index (χ0n) is 10.3. The topological polar surface area (TPSA) is 78.6 Å². The second-order valence-corrected chi connectivity index (χ2v) is 5.27. The molecule has 1 saturated heterocycles. The highest BCUT2D eigenvalue weighted by Gasteiger charge is 2.53. The number of halogens is 1. The van der Waals surface area contributed by atoms with E-state index < -0.39 is 6.09 Å². The van der Waals surface area contributed by atoms with E-state index in [0.29, 0.717) is 36.3 Å². The molecule has 1 aliphatic heterocycles. The zero-order chi connectivity index (χ0) is 13.6. The van der Waals surface area contributed by atoms with Gasteiger partial charge in [-0.05, 0) is 36.5 Å². The average molecular weight is 265 g/mol. The quantitative estimate of drug-likeness (QED) is 0.728. The molecular formula is C13H16FN3O2. The molecule has 1 saturated carbocycles. The van der Waals surface area contributed by atoms with Gasteiger partial charge >= 0.3 is 6.09 Å². The SMILES string of the molecule is Nc1cc(F)ccc1NC[C@@H]1[C@H]2C[C@H]2CN1C(=O)O. The molecule has 2 fully saturated rings. The number of nitrogens with two attached hydrogens (primary N) is 1. The number of amides is 1. The summed E-state index contributed by atoms with van der Waals surface area (Å²) in [7, 11) is 0. The van der Waals surface area contributed by atoms with E-state index in [0.717, 1.165) is 6.42 Å². The Morgan fingerprint density at radius 3 is 3.05 bits per heavy atom. The van der Waals surface area contributed by atoms with Gasteiger partial charge in [-0.1, -0.05) is 0 Å². The fourth-order valence-corrected chi connectivity index (χ4v) is 2.96. The van der Waals surface area contributed by atoms with Crippen LogP contribution in [0, 0.1) is 17.7 Å². The Balaban J connectivity index is 1.66. The highest BCUT2D eigenvalue weighted by atomic mass is 19.1. The van der Waals surface area contributed by atoms with Crippen LogP contribution in [0.4, 0.5) is 20.6 Å². The fourth-order valence-electron chi connectivity index (χ4n) is 2.96. The summed E-state index contributed by atoms with van der Waals surface area (Å²) in [4.78, 5) is 12.6. The van der Waals surface area contributed by atoms with Gasteiger partial charge in [0, 0.05) is 13.1 Å². The number of likely N-dealkylation sites (tertiary alicyclic amines) is 1. The summed E-state index contributed by atoms with van der Waals surface area (Å²) in [6.07, 6.45) is 0.237. The Labute approximate surface area is 110 Å². The predicted molar refractivity (Wildman–Crippen MR) is 69.4 cm³/mol. The van der Waals surface area contributed by atoms with E-state index in [9.17, 15) is 9.18 Å². The van der Waals surface area contributed by atoms with E-state index in [1.807, 2.05) is 0 Å². The lowest BCUT2D eigenvalue weighted by Gasteiger charge is -2.25. The summed E-state index contributed by atoms with van der Waals surface area (Å²) in [5.74, 6) is 0.608. The van der Waals surface area contributed by atoms with Gasteiger partial charge in [-0.25, -0.2) is 9.18 Å². The van der Waals surface area contributed by atoms with E-state index in [2.05, 4.69) is 5.32 Å². The van der Waals surface area contributed by atoms with Crippen molar-refractivity contribution in [2.45, 2.75) is 12.5 Å². The number of nitrogens with zero attached hydrogens (tertiary/aromatic N) is 1. The first-order chi connectivity index (χ1) is 9.06. The van der Waals surface area contributed by atoms with Crippen molar-refractivity contribution in [2.75, 3.05) is 24.1 Å². The number of anilines is 2. The number of nitrogen functional groups attached to an aromatic ring is 1. The molecule has 0 aromatic heterocycles. The smallest absolute Gasteiger partial charge is 0.407 e. The first kappa shape index (κ1) is 12.1. The van der Waals surface area contributed by atoms with E-state index in [1.54, 1.807) is 6.07 Å². The highest BCUT2D eigenvalue weighted by molar-refractivity contribution is 5.68. The summed E-state index contributed by atoms with van der Waals surface area (Å²) in [6.45, 7) is 1.15. The summed E-state index contributed by atoms with van der Waals surface area (Å²) in [5, 5.41) is 12.3. The van der Waals surface area contributed by atoms with Crippen LogP contribution in [-0.4, -0.2) is 35.2 Å².